The first-order chi connectivity index (χ1) is 18.2. The molecule has 38 heavy (non-hydrogen) atoms. The zero-order valence-corrected chi connectivity index (χ0v) is 23.6. The fourth-order valence-electron chi connectivity index (χ4n) is 4.53. The fourth-order valence-corrected chi connectivity index (χ4v) is 7.74. The predicted molar refractivity (Wildman–Crippen MR) is 151 cm³/mol. The highest BCUT2D eigenvalue weighted by Gasteiger charge is 2.29. The van der Waals surface area contributed by atoms with E-state index in [1.54, 1.807) is 76.2 Å². The second-order valence-corrected chi connectivity index (χ2v) is 12.5. The van der Waals surface area contributed by atoms with Gasteiger partial charge >= 0.3 is 15.2 Å². The molecule has 0 radical (unpaired) electrons. The van der Waals surface area contributed by atoms with Crippen molar-refractivity contribution in [3.8, 4) is 22.6 Å². The Morgan fingerprint density at radius 3 is 1.21 bits per heavy atom. The lowest BCUT2D eigenvalue weighted by molar-refractivity contribution is 0.229. The quantitative estimate of drug-likeness (QED) is 0.192. The maximum atomic E-state index is 13.3. The van der Waals surface area contributed by atoms with Crippen molar-refractivity contribution in [2.75, 3.05) is 26.4 Å². The van der Waals surface area contributed by atoms with E-state index in [0.717, 1.165) is 0 Å². The van der Waals surface area contributed by atoms with E-state index in [0.29, 0.717) is 43.3 Å². The van der Waals surface area contributed by atoms with E-state index in [1.165, 1.54) is 12.1 Å². The molecule has 0 spiro atoms. The molecule has 202 valence electrons. The minimum atomic E-state index is -3.52. The summed E-state index contributed by atoms with van der Waals surface area (Å²) in [5.74, 6) is -0.0755. The van der Waals surface area contributed by atoms with Crippen LogP contribution < -0.4 is 10.6 Å². The second-order valence-electron chi connectivity index (χ2n) is 8.40. The molecule has 0 aliphatic heterocycles. The molecule has 0 unspecified atom stereocenters. The van der Waals surface area contributed by atoms with Crippen LogP contribution in [-0.2, 0) is 27.2 Å². The highest BCUT2D eigenvalue weighted by molar-refractivity contribution is 7.62. The monoisotopic (exact) mass is 558 g/mol. The van der Waals surface area contributed by atoms with Crippen molar-refractivity contribution in [3.63, 3.8) is 0 Å². The van der Waals surface area contributed by atoms with Crippen LogP contribution in [-0.4, -0.2) is 36.6 Å². The molecular formula is C28H32O8P2. The summed E-state index contributed by atoms with van der Waals surface area (Å²) in [7, 11) is -7.04. The van der Waals surface area contributed by atoms with Crippen molar-refractivity contribution < 1.29 is 37.4 Å². The number of hydrogen-bond acceptors (Lipinski definition) is 8. The Kier molecular flexibility index (Phi) is 8.63. The van der Waals surface area contributed by atoms with Gasteiger partial charge in [-0.3, -0.25) is 9.13 Å². The zero-order chi connectivity index (χ0) is 27.5. The summed E-state index contributed by atoms with van der Waals surface area (Å²) >= 11 is 0. The van der Waals surface area contributed by atoms with Crippen LogP contribution in [0.2, 0.25) is 0 Å². The zero-order valence-electron chi connectivity index (χ0n) is 21.8. The lowest BCUT2D eigenvalue weighted by Crippen LogP contribution is -2.11. The number of benzene rings is 4. The molecule has 4 aromatic rings. The van der Waals surface area contributed by atoms with Crippen molar-refractivity contribution in [2.24, 2.45) is 0 Å². The Labute approximate surface area is 222 Å². The summed E-state index contributed by atoms with van der Waals surface area (Å²) in [4.78, 5) is 0. The van der Waals surface area contributed by atoms with E-state index in [4.69, 9.17) is 18.1 Å². The van der Waals surface area contributed by atoms with Gasteiger partial charge in [0.1, 0.15) is 11.5 Å². The van der Waals surface area contributed by atoms with Gasteiger partial charge in [-0.15, -0.1) is 0 Å². The fraction of sp³-hybridized carbons (Fsp3) is 0.286. The molecule has 4 aromatic carbocycles. The van der Waals surface area contributed by atoms with Gasteiger partial charge in [0, 0.05) is 11.1 Å². The van der Waals surface area contributed by atoms with Crippen LogP contribution >= 0.6 is 15.2 Å². The summed E-state index contributed by atoms with van der Waals surface area (Å²) in [6.45, 7) is 7.89. The van der Waals surface area contributed by atoms with Gasteiger partial charge in [0.25, 0.3) is 0 Å². The molecule has 0 saturated heterocycles. The van der Waals surface area contributed by atoms with Crippen molar-refractivity contribution >= 4 is 47.3 Å². The van der Waals surface area contributed by atoms with Crippen LogP contribution in [0.5, 0.6) is 11.5 Å². The van der Waals surface area contributed by atoms with Gasteiger partial charge in [0.05, 0.1) is 37.0 Å². The Bertz CT molecular complexity index is 1430. The van der Waals surface area contributed by atoms with Crippen LogP contribution in [0.15, 0.2) is 60.7 Å². The second kappa shape index (κ2) is 11.6. The molecule has 0 aliphatic carbocycles. The normalized spacial score (nSPS) is 12.4. The van der Waals surface area contributed by atoms with Crippen LogP contribution in [0.25, 0.3) is 32.7 Å². The third-order valence-electron chi connectivity index (χ3n) is 6.04. The Morgan fingerprint density at radius 2 is 0.895 bits per heavy atom. The minimum Gasteiger partial charge on any atom is -0.507 e. The first-order valence-corrected chi connectivity index (χ1v) is 15.6. The Hall–Kier alpha value is -2.70. The van der Waals surface area contributed by atoms with E-state index in [2.05, 4.69) is 0 Å². The average molecular weight is 559 g/mol. The Balaban J connectivity index is 1.93. The van der Waals surface area contributed by atoms with Gasteiger partial charge < -0.3 is 28.3 Å². The minimum absolute atomic E-state index is 0.0378. The van der Waals surface area contributed by atoms with Crippen molar-refractivity contribution in [1.82, 2.24) is 0 Å². The van der Waals surface area contributed by atoms with E-state index >= 15 is 0 Å². The molecule has 2 N–H and O–H groups in total. The van der Waals surface area contributed by atoms with Crippen LogP contribution in [0.4, 0.5) is 0 Å². The standard InChI is InChI=1S/C28H32O8P2/c1-5-33-37(31,34-6-2)21-11-13-23-19(17-21)9-15-25(29)27(23)28-24-14-12-22(18-20(24)10-16-26(28)30)38(32,35-7-3)36-8-4/h9-18,29-30H,5-8H2,1-4H3. The molecular weight excluding hydrogens is 526 g/mol. The largest absolute Gasteiger partial charge is 0.507 e. The number of fused-ring (bicyclic) bond motifs is 2. The maximum absolute atomic E-state index is 13.3. The lowest BCUT2D eigenvalue weighted by Gasteiger charge is -2.20. The molecule has 0 fully saturated rings. The Morgan fingerprint density at radius 1 is 0.553 bits per heavy atom. The summed E-state index contributed by atoms with van der Waals surface area (Å²) in [6.07, 6.45) is 0. The van der Waals surface area contributed by atoms with E-state index in [1.807, 2.05) is 0 Å². The van der Waals surface area contributed by atoms with Crippen LogP contribution in [0.1, 0.15) is 27.7 Å². The highest BCUT2D eigenvalue weighted by Crippen LogP contribution is 2.50. The van der Waals surface area contributed by atoms with Gasteiger partial charge in [-0.25, -0.2) is 0 Å². The topological polar surface area (TPSA) is 112 Å². The summed E-state index contributed by atoms with van der Waals surface area (Å²) < 4.78 is 48.7. The van der Waals surface area contributed by atoms with E-state index in [-0.39, 0.29) is 37.9 Å². The number of hydrogen-bond donors (Lipinski definition) is 2. The molecule has 0 heterocycles. The number of aromatic hydroxyl groups is 2. The molecule has 0 saturated carbocycles. The molecule has 0 aliphatic rings. The van der Waals surface area contributed by atoms with Gasteiger partial charge in [-0.05, 0) is 85.6 Å². The number of phenolic OH excluding ortho intramolecular Hbond substituents is 2. The third-order valence-corrected chi connectivity index (χ3v) is 10.3. The van der Waals surface area contributed by atoms with Gasteiger partial charge in [-0.2, -0.15) is 0 Å². The van der Waals surface area contributed by atoms with Gasteiger partial charge in [0.2, 0.25) is 0 Å². The average Bonchev–Trinajstić information content (AvgIpc) is 2.89. The van der Waals surface area contributed by atoms with E-state index < -0.39 is 15.2 Å². The summed E-state index contributed by atoms with van der Waals surface area (Å²) in [5, 5.41) is 25.4. The number of phenols is 2. The van der Waals surface area contributed by atoms with Crippen LogP contribution in [0, 0.1) is 0 Å². The van der Waals surface area contributed by atoms with Gasteiger partial charge in [0.15, 0.2) is 0 Å². The SMILES string of the molecule is CCOP(=O)(OCC)c1ccc2c(-c3c(O)ccc4cc(P(=O)(OCC)OCC)ccc34)c(O)ccc2c1. The first kappa shape index (κ1) is 28.3. The first-order valence-electron chi connectivity index (χ1n) is 12.5. The molecule has 0 aromatic heterocycles. The highest BCUT2D eigenvalue weighted by atomic mass is 31.2. The third kappa shape index (κ3) is 5.26. The van der Waals surface area contributed by atoms with Crippen molar-refractivity contribution in [2.45, 2.75) is 27.7 Å². The molecule has 10 heteroatoms. The predicted octanol–water partition coefficient (Wildman–Crippen LogP) is 6.85. The number of rotatable bonds is 11. The summed E-state index contributed by atoms with van der Waals surface area (Å²) in [6, 6.07) is 16.7. The molecule has 0 atom stereocenters. The summed E-state index contributed by atoms with van der Waals surface area (Å²) in [5.41, 5.74) is 0.815. The molecule has 8 nitrogen and oxygen atoms in total. The van der Waals surface area contributed by atoms with Crippen molar-refractivity contribution in [3.05, 3.63) is 60.7 Å². The van der Waals surface area contributed by atoms with E-state index in [9.17, 15) is 19.3 Å². The molecule has 4 rings (SSSR count). The van der Waals surface area contributed by atoms with Crippen LogP contribution in [0.3, 0.4) is 0 Å². The molecule has 0 amide bonds. The lowest BCUT2D eigenvalue weighted by atomic mass is 9.92. The maximum Gasteiger partial charge on any atom is 0.361 e. The molecule has 0 bridgehead atoms. The smallest absolute Gasteiger partial charge is 0.361 e. The van der Waals surface area contributed by atoms with Crippen molar-refractivity contribution in [1.29, 1.82) is 0 Å². The van der Waals surface area contributed by atoms with Gasteiger partial charge in [-0.1, -0.05) is 24.3 Å².